The third kappa shape index (κ3) is 1.46. The van der Waals surface area contributed by atoms with Gasteiger partial charge in [-0.1, -0.05) is 0 Å². The normalized spacial score (nSPS) is 36.9. The first-order chi connectivity index (χ1) is 6.75. The highest BCUT2D eigenvalue weighted by molar-refractivity contribution is 9.10. The maximum absolute atomic E-state index is 6.31. The van der Waals surface area contributed by atoms with E-state index >= 15 is 0 Å². The van der Waals surface area contributed by atoms with Gasteiger partial charge < -0.3 is 5.73 Å². The summed E-state index contributed by atoms with van der Waals surface area (Å²) in [5, 5.41) is 2.12. The van der Waals surface area contributed by atoms with Gasteiger partial charge in [-0.2, -0.15) is 0 Å². The smallest absolute Gasteiger partial charge is 0.0430 e. The minimum absolute atomic E-state index is 0.275. The summed E-state index contributed by atoms with van der Waals surface area (Å²) in [6.45, 7) is 0. The molecule has 2 saturated carbocycles. The molecule has 1 aromatic rings. The van der Waals surface area contributed by atoms with E-state index in [0.29, 0.717) is 0 Å². The summed E-state index contributed by atoms with van der Waals surface area (Å²) < 4.78 is 1.20. The predicted molar refractivity (Wildman–Crippen MR) is 63.3 cm³/mol. The van der Waals surface area contributed by atoms with E-state index in [2.05, 4.69) is 27.4 Å². The van der Waals surface area contributed by atoms with Gasteiger partial charge in [-0.05, 0) is 64.4 Å². The lowest BCUT2D eigenvalue weighted by molar-refractivity contribution is 0.407. The minimum atomic E-state index is 0.275. The molecule has 1 nitrogen and oxygen atoms in total. The Hall–Kier alpha value is 0.140. The molecular formula is C11H14BrNS. The van der Waals surface area contributed by atoms with Crippen molar-refractivity contribution in [1.29, 1.82) is 0 Å². The number of fused-ring (bicyclic) bond motifs is 1. The third-order valence-corrected chi connectivity index (χ3v) is 5.71. The van der Waals surface area contributed by atoms with Crippen molar-refractivity contribution in [3.8, 4) is 0 Å². The van der Waals surface area contributed by atoms with E-state index in [0.717, 1.165) is 17.8 Å². The van der Waals surface area contributed by atoms with Crippen LogP contribution in [0.15, 0.2) is 15.9 Å². The number of halogens is 1. The summed E-state index contributed by atoms with van der Waals surface area (Å²) in [5.74, 6) is 2.81. The largest absolute Gasteiger partial charge is 0.323 e. The van der Waals surface area contributed by atoms with Crippen LogP contribution in [-0.4, -0.2) is 0 Å². The molecule has 3 unspecified atom stereocenters. The Morgan fingerprint density at radius 1 is 1.36 bits per heavy atom. The monoisotopic (exact) mass is 271 g/mol. The Labute approximate surface area is 96.8 Å². The maximum Gasteiger partial charge on any atom is 0.0430 e. The molecule has 0 aliphatic heterocycles. The lowest BCUT2D eigenvalue weighted by atomic mass is 9.94. The number of hydrogen-bond donors (Lipinski definition) is 1. The number of hydrogen-bond acceptors (Lipinski definition) is 2. The molecule has 2 fully saturated rings. The first kappa shape index (κ1) is 9.37. The highest BCUT2D eigenvalue weighted by Crippen LogP contribution is 2.57. The van der Waals surface area contributed by atoms with Crippen LogP contribution in [0.4, 0.5) is 0 Å². The molecule has 0 bridgehead atoms. The van der Waals surface area contributed by atoms with Crippen molar-refractivity contribution in [2.45, 2.75) is 25.3 Å². The number of rotatable bonds is 2. The Morgan fingerprint density at radius 2 is 2.07 bits per heavy atom. The molecule has 0 aromatic carbocycles. The van der Waals surface area contributed by atoms with Gasteiger partial charge in [0.15, 0.2) is 0 Å². The average molecular weight is 272 g/mol. The molecule has 14 heavy (non-hydrogen) atoms. The predicted octanol–water partition coefficient (Wildman–Crippen LogP) is 3.56. The summed E-state index contributed by atoms with van der Waals surface area (Å²) in [4.78, 5) is 1.34. The van der Waals surface area contributed by atoms with Gasteiger partial charge in [0.1, 0.15) is 0 Å². The van der Waals surface area contributed by atoms with Crippen LogP contribution in [0, 0.1) is 17.8 Å². The van der Waals surface area contributed by atoms with E-state index in [9.17, 15) is 0 Å². The van der Waals surface area contributed by atoms with Crippen molar-refractivity contribution in [3.05, 3.63) is 20.8 Å². The minimum Gasteiger partial charge on any atom is -0.323 e. The van der Waals surface area contributed by atoms with E-state index < -0.39 is 0 Å². The fourth-order valence-electron chi connectivity index (χ4n) is 2.81. The standard InChI is InChI=1S/C11H14BrNS/c12-9-1-2-14-11(9)10(13)8-4-6-3-7(6)5-8/h1-2,6-8,10H,3-5,13H2. The fourth-order valence-corrected chi connectivity index (χ4v) is 4.54. The van der Waals surface area contributed by atoms with Crippen molar-refractivity contribution in [1.82, 2.24) is 0 Å². The fraction of sp³-hybridized carbons (Fsp3) is 0.636. The lowest BCUT2D eigenvalue weighted by Crippen LogP contribution is -2.19. The molecule has 76 valence electrons. The van der Waals surface area contributed by atoms with Crippen LogP contribution < -0.4 is 5.73 Å². The van der Waals surface area contributed by atoms with Crippen LogP contribution in [0.25, 0.3) is 0 Å². The molecule has 0 saturated heterocycles. The van der Waals surface area contributed by atoms with Crippen LogP contribution in [-0.2, 0) is 0 Å². The van der Waals surface area contributed by atoms with Crippen molar-refractivity contribution in [2.75, 3.05) is 0 Å². The van der Waals surface area contributed by atoms with Crippen LogP contribution in [0.1, 0.15) is 30.2 Å². The van der Waals surface area contributed by atoms with E-state index in [4.69, 9.17) is 5.73 Å². The van der Waals surface area contributed by atoms with Crippen LogP contribution >= 0.6 is 27.3 Å². The maximum atomic E-state index is 6.31. The van der Waals surface area contributed by atoms with E-state index in [1.165, 1.54) is 28.6 Å². The van der Waals surface area contributed by atoms with Gasteiger partial charge in [-0.25, -0.2) is 0 Å². The van der Waals surface area contributed by atoms with Gasteiger partial charge in [0.05, 0.1) is 0 Å². The summed E-state index contributed by atoms with van der Waals surface area (Å²) in [7, 11) is 0. The lowest BCUT2D eigenvalue weighted by Gasteiger charge is -2.19. The number of nitrogens with two attached hydrogens (primary N) is 1. The quantitative estimate of drug-likeness (QED) is 0.875. The van der Waals surface area contributed by atoms with Gasteiger partial charge in [-0.15, -0.1) is 11.3 Å². The SMILES string of the molecule is NC(c1sccc1Br)C1CC2CC2C1. The molecule has 2 aliphatic carbocycles. The summed E-state index contributed by atoms with van der Waals surface area (Å²) in [6, 6.07) is 2.38. The summed E-state index contributed by atoms with van der Waals surface area (Å²) in [5.41, 5.74) is 6.31. The van der Waals surface area contributed by atoms with Crippen LogP contribution in [0.2, 0.25) is 0 Å². The Kier molecular flexibility index (Phi) is 2.22. The molecule has 1 heterocycles. The zero-order chi connectivity index (χ0) is 9.71. The highest BCUT2D eigenvalue weighted by Gasteiger charge is 2.47. The van der Waals surface area contributed by atoms with Crippen molar-refractivity contribution < 1.29 is 0 Å². The average Bonchev–Trinajstić information content (AvgIpc) is 2.64. The summed E-state index contributed by atoms with van der Waals surface area (Å²) >= 11 is 5.36. The molecule has 3 heteroatoms. The van der Waals surface area contributed by atoms with Gasteiger partial charge in [0, 0.05) is 15.4 Å². The third-order valence-electron chi connectivity index (χ3n) is 3.74. The van der Waals surface area contributed by atoms with Crippen molar-refractivity contribution in [3.63, 3.8) is 0 Å². The number of thiophene rings is 1. The van der Waals surface area contributed by atoms with Crippen molar-refractivity contribution >= 4 is 27.3 Å². The molecule has 3 atom stereocenters. The van der Waals surface area contributed by atoms with E-state index in [-0.39, 0.29) is 6.04 Å². The van der Waals surface area contributed by atoms with E-state index in [1.807, 2.05) is 0 Å². The van der Waals surface area contributed by atoms with Gasteiger partial charge in [0.25, 0.3) is 0 Å². The van der Waals surface area contributed by atoms with Crippen molar-refractivity contribution in [2.24, 2.45) is 23.5 Å². The van der Waals surface area contributed by atoms with Gasteiger partial charge in [0.2, 0.25) is 0 Å². The molecule has 0 spiro atoms. The first-order valence-corrected chi connectivity index (χ1v) is 6.91. The van der Waals surface area contributed by atoms with Gasteiger partial charge in [-0.3, -0.25) is 0 Å². The topological polar surface area (TPSA) is 26.0 Å². The second-order valence-corrected chi connectivity index (χ2v) is 6.45. The molecule has 0 amide bonds. The molecule has 1 aromatic heterocycles. The zero-order valence-corrected chi connectivity index (χ0v) is 10.4. The molecule has 2 N–H and O–H groups in total. The van der Waals surface area contributed by atoms with Crippen LogP contribution in [0.3, 0.4) is 0 Å². The van der Waals surface area contributed by atoms with Gasteiger partial charge >= 0.3 is 0 Å². The second kappa shape index (κ2) is 3.32. The second-order valence-electron chi connectivity index (χ2n) is 4.65. The molecular weight excluding hydrogens is 258 g/mol. The summed E-state index contributed by atoms with van der Waals surface area (Å²) in [6.07, 6.45) is 4.22. The Balaban J connectivity index is 1.76. The molecule has 2 aliphatic rings. The molecule has 0 radical (unpaired) electrons. The Bertz CT molecular complexity index is 339. The Morgan fingerprint density at radius 3 is 2.64 bits per heavy atom. The highest BCUT2D eigenvalue weighted by atomic mass is 79.9. The zero-order valence-electron chi connectivity index (χ0n) is 7.95. The first-order valence-electron chi connectivity index (χ1n) is 5.24. The molecule has 3 rings (SSSR count). The van der Waals surface area contributed by atoms with Crippen LogP contribution in [0.5, 0.6) is 0 Å². The van der Waals surface area contributed by atoms with E-state index in [1.54, 1.807) is 11.3 Å².